The first-order valence-electron chi connectivity index (χ1n) is 7.86. The van der Waals surface area contributed by atoms with Gasteiger partial charge in [0, 0.05) is 17.8 Å². The number of nitriles is 1. The van der Waals surface area contributed by atoms with Crippen LogP contribution in [0.15, 0.2) is 48.7 Å². The summed E-state index contributed by atoms with van der Waals surface area (Å²) in [7, 11) is 0. The molecule has 0 saturated heterocycles. The van der Waals surface area contributed by atoms with E-state index >= 15 is 0 Å². The van der Waals surface area contributed by atoms with Gasteiger partial charge in [-0.25, -0.2) is 4.98 Å². The molecule has 0 spiro atoms. The molecular formula is C20H19N3O. The number of rotatable bonds is 4. The highest BCUT2D eigenvalue weighted by Gasteiger charge is 2.19. The molecule has 0 bridgehead atoms. The summed E-state index contributed by atoms with van der Waals surface area (Å²) in [6.45, 7) is 4.38. The van der Waals surface area contributed by atoms with Gasteiger partial charge in [0.1, 0.15) is 11.8 Å². The number of carbonyl (C=O) groups excluding carboxylic acids is 1. The molecule has 4 nitrogen and oxygen atoms in total. The molecule has 120 valence electrons. The van der Waals surface area contributed by atoms with Gasteiger partial charge in [0.25, 0.3) is 5.91 Å². The molecule has 1 atom stereocenters. The van der Waals surface area contributed by atoms with Gasteiger partial charge in [-0.3, -0.25) is 4.79 Å². The van der Waals surface area contributed by atoms with Gasteiger partial charge < -0.3 is 4.90 Å². The Kier molecular flexibility index (Phi) is 6.11. The lowest BCUT2D eigenvalue weighted by atomic mass is 10.1. The maximum absolute atomic E-state index is 12.7. The third-order valence-electron chi connectivity index (χ3n) is 3.76. The fraction of sp³-hybridized carbons (Fsp3) is 0.250. The maximum Gasteiger partial charge on any atom is 0.256 e. The minimum absolute atomic E-state index is 0.0678. The molecule has 1 heterocycles. The van der Waals surface area contributed by atoms with E-state index in [2.05, 4.69) is 16.8 Å². The zero-order chi connectivity index (χ0) is 17.4. The lowest BCUT2D eigenvalue weighted by Crippen LogP contribution is -2.38. The molecule has 0 fully saturated rings. The quantitative estimate of drug-likeness (QED) is 0.813. The Morgan fingerprint density at radius 3 is 2.58 bits per heavy atom. The van der Waals surface area contributed by atoms with E-state index in [0.717, 1.165) is 12.0 Å². The topological polar surface area (TPSA) is 57.0 Å². The van der Waals surface area contributed by atoms with Crippen molar-refractivity contribution in [1.29, 1.82) is 5.26 Å². The Bertz CT molecular complexity index is 780. The molecule has 1 amide bonds. The predicted molar refractivity (Wildman–Crippen MR) is 93.1 cm³/mol. The van der Waals surface area contributed by atoms with Gasteiger partial charge in [-0.2, -0.15) is 5.26 Å². The van der Waals surface area contributed by atoms with Gasteiger partial charge in [0.15, 0.2) is 0 Å². The second-order valence-corrected chi connectivity index (χ2v) is 5.40. The highest BCUT2D eigenvalue weighted by molar-refractivity contribution is 5.94. The number of aromatic nitrogens is 1. The molecule has 1 aromatic heterocycles. The third-order valence-corrected chi connectivity index (χ3v) is 3.76. The van der Waals surface area contributed by atoms with E-state index in [-0.39, 0.29) is 11.9 Å². The number of amides is 1. The first kappa shape index (κ1) is 17.2. The molecule has 2 aromatic rings. The molecule has 0 aliphatic rings. The van der Waals surface area contributed by atoms with E-state index in [1.165, 1.54) is 6.20 Å². The Labute approximate surface area is 142 Å². The van der Waals surface area contributed by atoms with E-state index in [0.29, 0.717) is 17.8 Å². The second kappa shape index (κ2) is 8.50. The smallest absolute Gasteiger partial charge is 0.256 e. The fourth-order valence-electron chi connectivity index (χ4n) is 2.15. The van der Waals surface area contributed by atoms with Gasteiger partial charge in [-0.05, 0) is 37.6 Å². The van der Waals surface area contributed by atoms with Crippen LogP contribution in [0.4, 0.5) is 0 Å². The minimum atomic E-state index is -0.122. The van der Waals surface area contributed by atoms with Crippen molar-refractivity contribution in [3.8, 4) is 17.9 Å². The summed E-state index contributed by atoms with van der Waals surface area (Å²) in [5, 5.41) is 8.80. The number of nitrogens with zero attached hydrogens (tertiary/aromatic N) is 3. The van der Waals surface area contributed by atoms with Crippen LogP contribution in [-0.2, 0) is 0 Å². The zero-order valence-corrected chi connectivity index (χ0v) is 13.9. The molecule has 24 heavy (non-hydrogen) atoms. The van der Waals surface area contributed by atoms with Gasteiger partial charge in [0.2, 0.25) is 0 Å². The summed E-state index contributed by atoms with van der Waals surface area (Å²) in [4.78, 5) is 18.4. The van der Waals surface area contributed by atoms with Crippen molar-refractivity contribution in [2.45, 2.75) is 26.3 Å². The number of benzene rings is 1. The number of hydrogen-bond acceptors (Lipinski definition) is 3. The Morgan fingerprint density at radius 1 is 1.25 bits per heavy atom. The van der Waals surface area contributed by atoms with Crippen LogP contribution < -0.4 is 0 Å². The first-order valence-corrected chi connectivity index (χ1v) is 7.86. The lowest BCUT2D eigenvalue weighted by Gasteiger charge is -2.26. The molecule has 0 aliphatic heterocycles. The van der Waals surface area contributed by atoms with Crippen molar-refractivity contribution in [2.75, 3.05) is 6.54 Å². The van der Waals surface area contributed by atoms with E-state index in [1.54, 1.807) is 17.0 Å². The van der Waals surface area contributed by atoms with Gasteiger partial charge in [0.05, 0.1) is 12.1 Å². The average Bonchev–Trinajstić information content (AvgIpc) is 2.65. The molecule has 1 unspecified atom stereocenters. The highest BCUT2D eigenvalue weighted by atomic mass is 16.2. The van der Waals surface area contributed by atoms with Crippen LogP contribution in [-0.4, -0.2) is 28.4 Å². The van der Waals surface area contributed by atoms with Crippen molar-refractivity contribution in [1.82, 2.24) is 9.88 Å². The molecule has 0 aliphatic carbocycles. The monoisotopic (exact) mass is 317 g/mol. The molecule has 0 N–H and O–H groups in total. The highest BCUT2D eigenvalue weighted by Crippen LogP contribution is 2.10. The van der Waals surface area contributed by atoms with Crippen LogP contribution in [0, 0.1) is 23.2 Å². The van der Waals surface area contributed by atoms with Crippen molar-refractivity contribution in [2.24, 2.45) is 0 Å². The Hall–Kier alpha value is -3.11. The molecular weight excluding hydrogens is 298 g/mol. The van der Waals surface area contributed by atoms with E-state index in [9.17, 15) is 4.79 Å². The van der Waals surface area contributed by atoms with Crippen LogP contribution in [0.5, 0.6) is 0 Å². The van der Waals surface area contributed by atoms with Gasteiger partial charge in [-0.1, -0.05) is 37.0 Å². The number of hydrogen-bond donors (Lipinski definition) is 0. The predicted octanol–water partition coefficient (Wildman–Crippen LogP) is 3.25. The normalized spacial score (nSPS) is 10.9. The van der Waals surface area contributed by atoms with Crippen LogP contribution in [0.25, 0.3) is 0 Å². The Morgan fingerprint density at radius 2 is 2.00 bits per heavy atom. The van der Waals surface area contributed by atoms with Crippen molar-refractivity contribution < 1.29 is 4.79 Å². The summed E-state index contributed by atoms with van der Waals surface area (Å²) >= 11 is 0. The maximum atomic E-state index is 12.7. The van der Waals surface area contributed by atoms with Crippen LogP contribution in [0.3, 0.4) is 0 Å². The van der Waals surface area contributed by atoms with Crippen molar-refractivity contribution >= 4 is 5.91 Å². The van der Waals surface area contributed by atoms with E-state index in [1.807, 2.05) is 50.2 Å². The SMILES string of the molecule is CCC(C)N(CC#Cc1ccccc1)C(=O)c1ccc(C#N)nc1. The Balaban J connectivity index is 2.17. The largest absolute Gasteiger partial charge is 0.325 e. The van der Waals surface area contributed by atoms with E-state index in [4.69, 9.17) is 5.26 Å². The molecule has 1 aromatic carbocycles. The van der Waals surface area contributed by atoms with Gasteiger partial charge >= 0.3 is 0 Å². The van der Waals surface area contributed by atoms with Crippen molar-refractivity contribution in [3.63, 3.8) is 0 Å². The summed E-state index contributed by atoms with van der Waals surface area (Å²) in [5.74, 6) is 6.03. The molecule has 0 radical (unpaired) electrons. The third kappa shape index (κ3) is 4.44. The summed E-state index contributed by atoms with van der Waals surface area (Å²) in [6.07, 6.45) is 2.28. The summed E-state index contributed by atoms with van der Waals surface area (Å²) < 4.78 is 0. The molecule has 2 rings (SSSR count). The standard InChI is InChI=1S/C20H19N3O/c1-3-16(2)23(13-7-10-17-8-5-4-6-9-17)20(24)18-11-12-19(14-21)22-15-18/h4-6,8-9,11-12,15-16H,3,13H2,1-2H3. The molecule has 4 heteroatoms. The van der Waals surface area contributed by atoms with Crippen LogP contribution >= 0.6 is 0 Å². The van der Waals surface area contributed by atoms with Gasteiger partial charge in [-0.15, -0.1) is 0 Å². The van der Waals surface area contributed by atoms with Crippen LogP contribution in [0.1, 0.15) is 41.9 Å². The zero-order valence-electron chi connectivity index (χ0n) is 13.9. The lowest BCUT2D eigenvalue weighted by molar-refractivity contribution is 0.0716. The minimum Gasteiger partial charge on any atom is -0.325 e. The average molecular weight is 317 g/mol. The second-order valence-electron chi connectivity index (χ2n) is 5.40. The van der Waals surface area contributed by atoms with Crippen LogP contribution in [0.2, 0.25) is 0 Å². The summed E-state index contributed by atoms with van der Waals surface area (Å²) in [6, 6.07) is 14.9. The van der Waals surface area contributed by atoms with Crippen molar-refractivity contribution in [3.05, 3.63) is 65.5 Å². The number of pyridine rings is 1. The fourth-order valence-corrected chi connectivity index (χ4v) is 2.15. The number of carbonyl (C=O) groups is 1. The first-order chi connectivity index (χ1) is 11.7. The van der Waals surface area contributed by atoms with E-state index < -0.39 is 0 Å². The summed E-state index contributed by atoms with van der Waals surface area (Å²) in [5.41, 5.74) is 1.69. The molecule has 0 saturated carbocycles.